The zero-order valence-corrected chi connectivity index (χ0v) is 18.1. The average molecular weight is 447 g/mol. The van der Waals surface area contributed by atoms with Gasteiger partial charge in [0.1, 0.15) is 5.75 Å². The van der Waals surface area contributed by atoms with E-state index in [0.717, 1.165) is 21.7 Å². The van der Waals surface area contributed by atoms with E-state index in [2.05, 4.69) is 20.6 Å². The van der Waals surface area contributed by atoms with E-state index in [0.29, 0.717) is 23.1 Å². The third kappa shape index (κ3) is 5.29. The number of phenols is 1. The van der Waals surface area contributed by atoms with Gasteiger partial charge in [-0.3, -0.25) is 4.79 Å². The monoisotopic (exact) mass is 446 g/mol. The number of hydrogen-bond acceptors (Lipinski definition) is 7. The first-order valence-corrected chi connectivity index (χ1v) is 10.8. The first-order chi connectivity index (χ1) is 15.5. The number of amides is 1. The normalized spacial score (nSPS) is 11.7. The fourth-order valence-electron chi connectivity index (χ4n) is 3.04. The van der Waals surface area contributed by atoms with Gasteiger partial charge in [-0.25, -0.2) is 9.97 Å². The third-order valence-electron chi connectivity index (χ3n) is 4.75. The van der Waals surface area contributed by atoms with Crippen LogP contribution in [-0.2, 0) is 6.54 Å². The van der Waals surface area contributed by atoms with Crippen LogP contribution < -0.4 is 10.6 Å². The van der Waals surface area contributed by atoms with Crippen LogP contribution in [0.3, 0.4) is 0 Å². The van der Waals surface area contributed by atoms with E-state index in [9.17, 15) is 15.0 Å². The second kappa shape index (κ2) is 9.59. The Morgan fingerprint density at radius 2 is 1.91 bits per heavy atom. The van der Waals surface area contributed by atoms with Crippen LogP contribution in [0.25, 0.3) is 10.6 Å². The number of phenolic OH excluding ortho intramolecular Hbond substituents is 1. The molecule has 0 spiro atoms. The fraction of sp³-hybridized carbons (Fsp3) is 0.125. The van der Waals surface area contributed by atoms with Crippen LogP contribution in [0.5, 0.6) is 5.75 Å². The minimum absolute atomic E-state index is 0.170. The summed E-state index contributed by atoms with van der Waals surface area (Å²) in [4.78, 5) is 22.8. The number of hydrogen-bond donors (Lipinski definition) is 4. The Balaban J connectivity index is 1.44. The molecule has 2 heterocycles. The van der Waals surface area contributed by atoms with Crippen LogP contribution in [0.2, 0.25) is 0 Å². The van der Waals surface area contributed by atoms with E-state index in [1.54, 1.807) is 49.5 Å². The van der Waals surface area contributed by atoms with Gasteiger partial charge in [0.25, 0.3) is 5.91 Å². The second-order valence-electron chi connectivity index (χ2n) is 7.20. The fourth-order valence-corrected chi connectivity index (χ4v) is 3.93. The lowest BCUT2D eigenvalue weighted by Gasteiger charge is -2.09. The highest BCUT2D eigenvalue weighted by atomic mass is 32.1. The minimum atomic E-state index is -0.561. The Labute approximate surface area is 189 Å². The summed E-state index contributed by atoms with van der Waals surface area (Å²) in [6, 6.07) is 19.6. The van der Waals surface area contributed by atoms with Crippen molar-refractivity contribution in [2.24, 2.45) is 0 Å². The van der Waals surface area contributed by atoms with Crippen molar-refractivity contribution < 1.29 is 15.0 Å². The molecule has 0 fully saturated rings. The molecule has 0 aliphatic rings. The van der Waals surface area contributed by atoms with Gasteiger partial charge in [0.15, 0.2) is 0 Å². The zero-order valence-electron chi connectivity index (χ0n) is 17.3. The molecule has 1 unspecified atom stereocenters. The number of aromatic hydroxyl groups is 1. The highest BCUT2D eigenvalue weighted by Gasteiger charge is 2.12. The molecule has 4 rings (SSSR count). The van der Waals surface area contributed by atoms with Crippen LogP contribution in [0.1, 0.15) is 33.8 Å². The van der Waals surface area contributed by atoms with E-state index in [-0.39, 0.29) is 11.7 Å². The predicted octanol–water partition coefficient (Wildman–Crippen LogP) is 4.64. The summed E-state index contributed by atoms with van der Waals surface area (Å²) in [6.45, 7) is 2.09. The number of carbonyl (C=O) groups excluding carboxylic acids is 1. The van der Waals surface area contributed by atoms with Gasteiger partial charge < -0.3 is 20.8 Å². The summed E-state index contributed by atoms with van der Waals surface area (Å²) in [7, 11) is 0. The van der Waals surface area contributed by atoms with Gasteiger partial charge in [-0.1, -0.05) is 24.3 Å². The molecule has 4 aromatic rings. The smallest absolute Gasteiger partial charge is 0.261 e. The van der Waals surface area contributed by atoms with Gasteiger partial charge in [-0.15, -0.1) is 11.3 Å². The maximum atomic E-state index is 12.5. The Bertz CT molecular complexity index is 1220. The molecule has 0 bridgehead atoms. The van der Waals surface area contributed by atoms with Gasteiger partial charge in [-0.2, -0.15) is 0 Å². The zero-order chi connectivity index (χ0) is 22.5. The number of aliphatic hydroxyl groups is 1. The number of aromatic nitrogens is 2. The molecule has 0 saturated carbocycles. The van der Waals surface area contributed by atoms with Gasteiger partial charge in [0.2, 0.25) is 5.95 Å². The van der Waals surface area contributed by atoms with Crippen molar-refractivity contribution in [1.29, 1.82) is 0 Å². The van der Waals surface area contributed by atoms with Gasteiger partial charge in [-0.05, 0) is 60.5 Å². The van der Waals surface area contributed by atoms with Crippen molar-refractivity contribution in [3.8, 4) is 16.3 Å². The summed E-state index contributed by atoms with van der Waals surface area (Å²) in [5.74, 6) is 0.450. The number of carbonyl (C=O) groups is 1. The second-order valence-corrected chi connectivity index (χ2v) is 8.29. The van der Waals surface area contributed by atoms with E-state index in [4.69, 9.17) is 0 Å². The molecule has 1 amide bonds. The maximum Gasteiger partial charge on any atom is 0.261 e. The Morgan fingerprint density at radius 1 is 1.09 bits per heavy atom. The SMILES string of the molecule is CC(O)c1cccc(Nc2nccc(-c3ccc(C(=O)NCc4ccc(O)cc4)s3)n2)c1. The Hall–Kier alpha value is -3.75. The van der Waals surface area contributed by atoms with E-state index in [1.165, 1.54) is 11.3 Å². The van der Waals surface area contributed by atoms with Crippen LogP contribution in [0, 0.1) is 0 Å². The third-order valence-corrected chi connectivity index (χ3v) is 5.86. The largest absolute Gasteiger partial charge is 0.508 e. The molecular formula is C24H22N4O3S. The number of anilines is 2. The van der Waals surface area contributed by atoms with Crippen LogP contribution in [-0.4, -0.2) is 26.1 Å². The summed E-state index contributed by atoms with van der Waals surface area (Å²) in [5.41, 5.74) is 3.18. The Kier molecular flexibility index (Phi) is 6.44. The molecule has 0 aliphatic carbocycles. The summed E-state index contributed by atoms with van der Waals surface area (Å²) >= 11 is 1.35. The van der Waals surface area contributed by atoms with Crippen molar-refractivity contribution in [2.45, 2.75) is 19.6 Å². The van der Waals surface area contributed by atoms with Gasteiger partial charge in [0, 0.05) is 18.4 Å². The average Bonchev–Trinajstić information content (AvgIpc) is 3.29. The first-order valence-electron chi connectivity index (χ1n) is 10.0. The predicted molar refractivity (Wildman–Crippen MR) is 125 cm³/mol. The molecule has 0 radical (unpaired) electrons. The number of benzene rings is 2. The van der Waals surface area contributed by atoms with Crippen LogP contribution in [0.15, 0.2) is 72.9 Å². The molecule has 2 aromatic heterocycles. The van der Waals surface area contributed by atoms with E-state index < -0.39 is 6.10 Å². The first kappa shape index (κ1) is 21.5. The number of nitrogens with one attached hydrogen (secondary N) is 2. The Morgan fingerprint density at radius 3 is 2.69 bits per heavy atom. The van der Waals surface area contributed by atoms with Crippen molar-refractivity contribution in [2.75, 3.05) is 5.32 Å². The minimum Gasteiger partial charge on any atom is -0.508 e. The van der Waals surface area contributed by atoms with E-state index in [1.807, 2.05) is 30.3 Å². The topological polar surface area (TPSA) is 107 Å². The van der Waals surface area contributed by atoms with Crippen LogP contribution in [0.4, 0.5) is 11.6 Å². The van der Waals surface area contributed by atoms with Crippen molar-refractivity contribution in [3.63, 3.8) is 0 Å². The molecule has 162 valence electrons. The molecule has 4 N–H and O–H groups in total. The molecule has 0 saturated heterocycles. The molecule has 1 atom stereocenters. The van der Waals surface area contributed by atoms with Crippen molar-refractivity contribution in [1.82, 2.24) is 15.3 Å². The number of nitrogens with zero attached hydrogens (tertiary/aromatic N) is 2. The lowest BCUT2D eigenvalue weighted by Crippen LogP contribution is -2.21. The standard InChI is InChI=1S/C24H22N4O3S/c1-15(29)17-3-2-4-18(13-17)27-24-25-12-11-20(28-24)21-9-10-22(32-21)23(31)26-14-16-5-7-19(30)8-6-16/h2-13,15,29-30H,14H2,1H3,(H,26,31)(H,25,27,28). The molecule has 7 nitrogen and oxygen atoms in total. The molecular weight excluding hydrogens is 424 g/mol. The summed E-state index contributed by atoms with van der Waals surface area (Å²) in [6.07, 6.45) is 1.10. The highest BCUT2D eigenvalue weighted by molar-refractivity contribution is 7.17. The lowest BCUT2D eigenvalue weighted by atomic mass is 10.1. The van der Waals surface area contributed by atoms with Gasteiger partial charge >= 0.3 is 0 Å². The number of aliphatic hydroxyl groups excluding tert-OH is 1. The summed E-state index contributed by atoms with van der Waals surface area (Å²) < 4.78 is 0. The number of rotatable bonds is 7. The summed E-state index contributed by atoms with van der Waals surface area (Å²) in [5, 5.41) is 25.2. The van der Waals surface area contributed by atoms with Crippen molar-refractivity contribution >= 4 is 28.9 Å². The maximum absolute atomic E-state index is 12.5. The van der Waals surface area contributed by atoms with Crippen LogP contribution >= 0.6 is 11.3 Å². The lowest BCUT2D eigenvalue weighted by molar-refractivity contribution is 0.0955. The molecule has 2 aromatic carbocycles. The molecule has 0 aliphatic heterocycles. The van der Waals surface area contributed by atoms with Gasteiger partial charge in [0.05, 0.1) is 21.6 Å². The molecule has 32 heavy (non-hydrogen) atoms. The molecule has 8 heteroatoms. The van der Waals surface area contributed by atoms with Crippen molar-refractivity contribution in [3.05, 3.63) is 88.9 Å². The quantitative estimate of drug-likeness (QED) is 0.330. The number of thiophene rings is 1. The highest BCUT2D eigenvalue weighted by Crippen LogP contribution is 2.28. The van der Waals surface area contributed by atoms with E-state index >= 15 is 0 Å².